The zero-order valence-electron chi connectivity index (χ0n) is 11.0. The third-order valence-electron chi connectivity index (χ3n) is 2.57. The first-order chi connectivity index (χ1) is 8.11. The minimum Gasteiger partial charge on any atom is -0.493 e. The van der Waals surface area contributed by atoms with E-state index in [4.69, 9.17) is 15.2 Å². The van der Waals surface area contributed by atoms with Gasteiger partial charge in [0, 0.05) is 12.2 Å². The summed E-state index contributed by atoms with van der Waals surface area (Å²) >= 11 is 0. The quantitative estimate of drug-likeness (QED) is 0.793. The molecule has 2 N–H and O–H groups in total. The summed E-state index contributed by atoms with van der Waals surface area (Å²) in [6.07, 6.45) is 0.987. The Labute approximate surface area is 104 Å². The topological polar surface area (TPSA) is 44.5 Å². The van der Waals surface area contributed by atoms with E-state index in [9.17, 15) is 0 Å². The highest BCUT2D eigenvalue weighted by atomic mass is 16.5. The van der Waals surface area contributed by atoms with E-state index < -0.39 is 5.54 Å². The highest BCUT2D eigenvalue weighted by molar-refractivity contribution is 5.38. The molecule has 0 amide bonds. The van der Waals surface area contributed by atoms with E-state index in [0.717, 1.165) is 17.7 Å². The fraction of sp³-hybridized carbons (Fsp3) is 0.571. The van der Waals surface area contributed by atoms with Gasteiger partial charge < -0.3 is 15.2 Å². The van der Waals surface area contributed by atoms with E-state index in [2.05, 4.69) is 6.92 Å². The van der Waals surface area contributed by atoms with Crippen LogP contribution in [0.5, 0.6) is 5.75 Å². The molecule has 0 aromatic heterocycles. The summed E-state index contributed by atoms with van der Waals surface area (Å²) < 4.78 is 11.1. The van der Waals surface area contributed by atoms with E-state index in [1.54, 1.807) is 0 Å². The maximum absolute atomic E-state index is 6.29. The maximum atomic E-state index is 6.29. The van der Waals surface area contributed by atoms with Gasteiger partial charge in [-0.2, -0.15) is 0 Å². The molecule has 1 atom stereocenters. The van der Waals surface area contributed by atoms with Gasteiger partial charge in [0.05, 0.1) is 18.8 Å². The van der Waals surface area contributed by atoms with Crippen molar-refractivity contribution in [1.82, 2.24) is 0 Å². The molecule has 0 saturated heterocycles. The van der Waals surface area contributed by atoms with Gasteiger partial charge in [-0.3, -0.25) is 0 Å². The van der Waals surface area contributed by atoms with Crippen molar-refractivity contribution in [1.29, 1.82) is 0 Å². The molecule has 0 spiro atoms. The fourth-order valence-corrected chi connectivity index (χ4v) is 1.67. The van der Waals surface area contributed by atoms with Crippen LogP contribution in [0.25, 0.3) is 0 Å². The SMILES string of the molecule is CCCOc1ccccc1C(C)(N)COCC. The van der Waals surface area contributed by atoms with Crippen LogP contribution in [-0.2, 0) is 10.3 Å². The van der Waals surface area contributed by atoms with Crippen LogP contribution in [0.1, 0.15) is 32.8 Å². The third-order valence-corrected chi connectivity index (χ3v) is 2.57. The van der Waals surface area contributed by atoms with E-state index in [1.807, 2.05) is 38.1 Å². The second-order valence-corrected chi connectivity index (χ2v) is 4.40. The smallest absolute Gasteiger partial charge is 0.124 e. The molecule has 1 aromatic rings. The lowest BCUT2D eigenvalue weighted by Crippen LogP contribution is -2.38. The zero-order valence-corrected chi connectivity index (χ0v) is 11.0. The summed E-state index contributed by atoms with van der Waals surface area (Å²) in [5.41, 5.74) is 6.78. The highest BCUT2D eigenvalue weighted by Crippen LogP contribution is 2.28. The molecule has 96 valence electrons. The predicted molar refractivity (Wildman–Crippen MR) is 70.3 cm³/mol. The van der Waals surface area contributed by atoms with Crippen molar-refractivity contribution in [2.75, 3.05) is 19.8 Å². The lowest BCUT2D eigenvalue weighted by Gasteiger charge is -2.27. The van der Waals surface area contributed by atoms with Gasteiger partial charge in [0.15, 0.2) is 0 Å². The highest BCUT2D eigenvalue weighted by Gasteiger charge is 2.25. The Hall–Kier alpha value is -1.06. The van der Waals surface area contributed by atoms with E-state index in [1.165, 1.54) is 0 Å². The van der Waals surface area contributed by atoms with Crippen LogP contribution in [0.4, 0.5) is 0 Å². The number of hydrogen-bond acceptors (Lipinski definition) is 3. The molecule has 1 rings (SSSR count). The lowest BCUT2D eigenvalue weighted by molar-refractivity contribution is 0.0992. The van der Waals surface area contributed by atoms with Crippen molar-refractivity contribution in [3.05, 3.63) is 29.8 Å². The largest absolute Gasteiger partial charge is 0.493 e. The van der Waals surface area contributed by atoms with Gasteiger partial charge >= 0.3 is 0 Å². The Morgan fingerprint density at radius 2 is 1.94 bits per heavy atom. The Morgan fingerprint density at radius 1 is 1.24 bits per heavy atom. The van der Waals surface area contributed by atoms with Crippen molar-refractivity contribution in [3.8, 4) is 5.75 Å². The van der Waals surface area contributed by atoms with Gasteiger partial charge in [-0.25, -0.2) is 0 Å². The van der Waals surface area contributed by atoms with Gasteiger partial charge in [-0.15, -0.1) is 0 Å². The maximum Gasteiger partial charge on any atom is 0.124 e. The first kappa shape index (κ1) is 14.0. The molecule has 0 heterocycles. The van der Waals surface area contributed by atoms with E-state index >= 15 is 0 Å². The van der Waals surface area contributed by atoms with Crippen molar-refractivity contribution in [2.45, 2.75) is 32.7 Å². The second-order valence-electron chi connectivity index (χ2n) is 4.40. The summed E-state index contributed by atoms with van der Waals surface area (Å²) in [7, 11) is 0. The van der Waals surface area contributed by atoms with Crippen LogP contribution in [0, 0.1) is 0 Å². The molecule has 3 nitrogen and oxygen atoms in total. The molecule has 0 aliphatic heterocycles. The Morgan fingerprint density at radius 3 is 2.59 bits per heavy atom. The standard InChI is InChI=1S/C14H23NO2/c1-4-10-17-13-9-7-6-8-12(13)14(3,15)11-16-5-2/h6-9H,4-5,10-11,15H2,1-3H3. The van der Waals surface area contributed by atoms with Crippen LogP contribution in [0.15, 0.2) is 24.3 Å². The zero-order chi connectivity index (χ0) is 12.7. The molecule has 0 aliphatic rings. The monoisotopic (exact) mass is 237 g/mol. The molecule has 0 saturated carbocycles. The van der Waals surface area contributed by atoms with Gasteiger partial charge in [-0.05, 0) is 26.3 Å². The molecule has 3 heteroatoms. The van der Waals surface area contributed by atoms with Crippen molar-refractivity contribution in [3.63, 3.8) is 0 Å². The average Bonchev–Trinajstić information content (AvgIpc) is 2.34. The van der Waals surface area contributed by atoms with Gasteiger partial charge in [-0.1, -0.05) is 25.1 Å². The molecule has 0 fully saturated rings. The summed E-state index contributed by atoms with van der Waals surface area (Å²) in [6, 6.07) is 7.91. The Bertz CT molecular complexity index is 337. The Balaban J connectivity index is 2.86. The average molecular weight is 237 g/mol. The number of para-hydroxylation sites is 1. The van der Waals surface area contributed by atoms with Crippen molar-refractivity contribution < 1.29 is 9.47 Å². The first-order valence-corrected chi connectivity index (χ1v) is 6.20. The number of hydrogen-bond donors (Lipinski definition) is 1. The summed E-state index contributed by atoms with van der Waals surface area (Å²) in [5, 5.41) is 0. The summed E-state index contributed by atoms with van der Waals surface area (Å²) in [6.45, 7) is 7.90. The molecular formula is C14H23NO2. The normalized spacial score (nSPS) is 14.4. The summed E-state index contributed by atoms with van der Waals surface area (Å²) in [5.74, 6) is 0.860. The molecular weight excluding hydrogens is 214 g/mol. The third kappa shape index (κ3) is 4.02. The van der Waals surface area contributed by atoms with Crippen LogP contribution in [-0.4, -0.2) is 19.8 Å². The minimum absolute atomic E-state index is 0.496. The van der Waals surface area contributed by atoms with Crippen LogP contribution in [0.3, 0.4) is 0 Å². The number of benzene rings is 1. The summed E-state index contributed by atoms with van der Waals surface area (Å²) in [4.78, 5) is 0. The van der Waals surface area contributed by atoms with Gasteiger partial charge in [0.2, 0.25) is 0 Å². The molecule has 0 aliphatic carbocycles. The predicted octanol–water partition coefficient (Wildman–Crippen LogP) is 2.69. The van der Waals surface area contributed by atoms with Crippen molar-refractivity contribution in [2.24, 2.45) is 5.73 Å². The van der Waals surface area contributed by atoms with Crippen LogP contribution < -0.4 is 10.5 Å². The number of rotatable bonds is 7. The first-order valence-electron chi connectivity index (χ1n) is 6.20. The van der Waals surface area contributed by atoms with Crippen LogP contribution >= 0.6 is 0 Å². The van der Waals surface area contributed by atoms with Crippen LogP contribution in [0.2, 0.25) is 0 Å². The minimum atomic E-state index is -0.514. The molecule has 0 bridgehead atoms. The lowest BCUT2D eigenvalue weighted by atomic mass is 9.93. The van der Waals surface area contributed by atoms with Gasteiger partial charge in [0.1, 0.15) is 5.75 Å². The molecule has 17 heavy (non-hydrogen) atoms. The van der Waals surface area contributed by atoms with E-state index in [0.29, 0.717) is 19.8 Å². The van der Waals surface area contributed by atoms with E-state index in [-0.39, 0.29) is 0 Å². The van der Waals surface area contributed by atoms with Crippen molar-refractivity contribution >= 4 is 0 Å². The molecule has 1 unspecified atom stereocenters. The second kappa shape index (κ2) is 6.62. The number of nitrogens with two attached hydrogens (primary N) is 1. The molecule has 1 aromatic carbocycles. The molecule has 0 radical (unpaired) electrons. The fourth-order valence-electron chi connectivity index (χ4n) is 1.67. The Kier molecular flexibility index (Phi) is 5.45. The van der Waals surface area contributed by atoms with Gasteiger partial charge in [0.25, 0.3) is 0 Å². The number of ether oxygens (including phenoxy) is 2.